The molecule has 3 heterocycles. The van der Waals surface area contributed by atoms with Gasteiger partial charge in [-0.25, -0.2) is 9.97 Å². The average Bonchev–Trinajstić information content (AvgIpc) is 2.84. The van der Waals surface area contributed by atoms with Gasteiger partial charge in [0.15, 0.2) is 0 Å². The van der Waals surface area contributed by atoms with E-state index in [2.05, 4.69) is 26.7 Å². The lowest BCUT2D eigenvalue weighted by molar-refractivity contribution is -0.119. The predicted molar refractivity (Wildman–Crippen MR) is 85.4 cm³/mol. The van der Waals surface area contributed by atoms with Crippen LogP contribution in [0.4, 0.5) is 5.82 Å². The maximum Gasteiger partial charge on any atom is 0.242 e. The summed E-state index contributed by atoms with van der Waals surface area (Å²) in [6.45, 7) is 2.98. The van der Waals surface area contributed by atoms with Crippen LogP contribution in [0.3, 0.4) is 0 Å². The van der Waals surface area contributed by atoms with Gasteiger partial charge < -0.3 is 15.4 Å². The van der Waals surface area contributed by atoms with Crippen molar-refractivity contribution >= 4 is 11.7 Å². The van der Waals surface area contributed by atoms with Gasteiger partial charge in [-0.3, -0.25) is 4.79 Å². The lowest BCUT2D eigenvalue weighted by atomic mass is 10.0. The van der Waals surface area contributed by atoms with Gasteiger partial charge in [-0.05, 0) is 25.0 Å². The third-order valence-corrected chi connectivity index (χ3v) is 4.27. The zero-order valence-corrected chi connectivity index (χ0v) is 12.9. The summed E-state index contributed by atoms with van der Waals surface area (Å²) in [6, 6.07) is 7.76. The van der Waals surface area contributed by atoms with Crippen molar-refractivity contribution in [2.75, 3.05) is 11.9 Å². The molecule has 1 amide bonds. The lowest BCUT2D eigenvalue weighted by Gasteiger charge is -2.16. The Labute approximate surface area is 134 Å². The van der Waals surface area contributed by atoms with Crippen LogP contribution in [-0.4, -0.2) is 28.5 Å². The van der Waals surface area contributed by atoms with Gasteiger partial charge in [-0.1, -0.05) is 18.2 Å². The Kier molecular flexibility index (Phi) is 3.37. The minimum absolute atomic E-state index is 0.0280. The van der Waals surface area contributed by atoms with Crippen LogP contribution in [-0.2, 0) is 17.8 Å². The first kappa shape index (κ1) is 14.0. The van der Waals surface area contributed by atoms with Crippen LogP contribution in [0.1, 0.15) is 29.1 Å². The molecule has 1 aromatic heterocycles. The van der Waals surface area contributed by atoms with E-state index < -0.39 is 0 Å². The average molecular weight is 310 g/mol. The van der Waals surface area contributed by atoms with Crippen LogP contribution < -0.4 is 15.4 Å². The van der Waals surface area contributed by atoms with E-state index in [1.807, 2.05) is 25.1 Å². The molecule has 1 aromatic carbocycles. The summed E-state index contributed by atoms with van der Waals surface area (Å²) in [5.41, 5.74) is 3.01. The first-order valence-corrected chi connectivity index (χ1v) is 7.82. The van der Waals surface area contributed by atoms with E-state index in [0.29, 0.717) is 25.4 Å². The molecule has 6 nitrogen and oxygen atoms in total. The van der Waals surface area contributed by atoms with E-state index in [0.717, 1.165) is 34.8 Å². The number of nitrogens with one attached hydrogen (secondary N) is 2. The van der Waals surface area contributed by atoms with E-state index in [-0.39, 0.29) is 11.9 Å². The number of anilines is 1. The Bertz CT molecular complexity index is 775. The van der Waals surface area contributed by atoms with Gasteiger partial charge in [0.2, 0.25) is 5.91 Å². The second kappa shape index (κ2) is 5.53. The number of carbonyl (C=O) groups excluding carboxylic acids is 1. The molecule has 0 bridgehead atoms. The summed E-state index contributed by atoms with van der Waals surface area (Å²) in [7, 11) is 0. The predicted octanol–water partition coefficient (Wildman–Crippen LogP) is 1.57. The van der Waals surface area contributed by atoms with Crippen LogP contribution in [0.5, 0.6) is 5.75 Å². The van der Waals surface area contributed by atoms with Crippen LogP contribution in [0, 0.1) is 6.92 Å². The molecule has 2 aliphatic rings. The molecule has 1 fully saturated rings. The van der Waals surface area contributed by atoms with E-state index in [1.165, 1.54) is 0 Å². The molecule has 0 aliphatic carbocycles. The number of benzene rings is 1. The Morgan fingerprint density at radius 2 is 2.17 bits per heavy atom. The van der Waals surface area contributed by atoms with Crippen molar-refractivity contribution < 1.29 is 9.53 Å². The highest BCUT2D eigenvalue weighted by Gasteiger charge is 2.27. The van der Waals surface area contributed by atoms with Crippen LogP contribution in [0.15, 0.2) is 24.3 Å². The van der Waals surface area contributed by atoms with Gasteiger partial charge in [0, 0.05) is 18.5 Å². The number of amides is 1. The molecule has 0 saturated carbocycles. The van der Waals surface area contributed by atoms with Gasteiger partial charge >= 0.3 is 0 Å². The quantitative estimate of drug-likeness (QED) is 0.880. The smallest absolute Gasteiger partial charge is 0.242 e. The third-order valence-electron chi connectivity index (χ3n) is 4.27. The summed E-state index contributed by atoms with van der Waals surface area (Å²) >= 11 is 0. The minimum Gasteiger partial charge on any atom is -0.487 e. The van der Waals surface area contributed by atoms with E-state index in [4.69, 9.17) is 4.74 Å². The van der Waals surface area contributed by atoms with Gasteiger partial charge in [0.1, 0.15) is 30.0 Å². The zero-order chi connectivity index (χ0) is 15.8. The van der Waals surface area contributed by atoms with Gasteiger partial charge in [-0.2, -0.15) is 0 Å². The van der Waals surface area contributed by atoms with Crippen molar-refractivity contribution in [2.45, 2.75) is 32.4 Å². The minimum atomic E-state index is -0.229. The fourth-order valence-electron chi connectivity index (χ4n) is 3.10. The fourth-order valence-corrected chi connectivity index (χ4v) is 3.10. The fraction of sp³-hybridized carbons (Fsp3) is 0.353. The summed E-state index contributed by atoms with van der Waals surface area (Å²) < 4.78 is 5.88. The van der Waals surface area contributed by atoms with Crippen molar-refractivity contribution in [3.63, 3.8) is 0 Å². The van der Waals surface area contributed by atoms with Crippen LogP contribution in [0.25, 0.3) is 0 Å². The number of fused-ring (bicyclic) bond motifs is 2. The molecular weight excluding hydrogens is 292 g/mol. The number of aromatic nitrogens is 2. The number of hydrogen-bond donors (Lipinski definition) is 2. The number of aryl methyl sites for hydroxylation is 1. The number of carbonyl (C=O) groups is 1. The first-order chi connectivity index (χ1) is 11.2. The molecule has 23 heavy (non-hydrogen) atoms. The van der Waals surface area contributed by atoms with Crippen LogP contribution in [0.2, 0.25) is 0 Å². The van der Waals surface area contributed by atoms with Crippen molar-refractivity contribution in [3.8, 4) is 5.75 Å². The highest BCUT2D eigenvalue weighted by Crippen LogP contribution is 2.31. The van der Waals surface area contributed by atoms with E-state index >= 15 is 0 Å². The van der Waals surface area contributed by atoms with E-state index in [1.54, 1.807) is 0 Å². The molecule has 2 aromatic rings. The number of hydrogen-bond acceptors (Lipinski definition) is 5. The Morgan fingerprint density at radius 3 is 3.00 bits per heavy atom. The van der Waals surface area contributed by atoms with Gasteiger partial charge in [-0.15, -0.1) is 0 Å². The second-order valence-electron chi connectivity index (χ2n) is 5.89. The summed E-state index contributed by atoms with van der Waals surface area (Å²) in [5, 5.41) is 6.14. The van der Waals surface area contributed by atoms with Crippen molar-refractivity contribution in [1.82, 2.24) is 15.3 Å². The maximum absolute atomic E-state index is 11.9. The number of para-hydroxylation sites is 1. The molecule has 0 unspecified atom stereocenters. The number of ether oxygens (including phenoxy) is 1. The molecule has 0 spiro atoms. The molecule has 2 N–H and O–H groups in total. The SMILES string of the molecule is Cc1nc2c(c(N[C@@H]3CCNC3=O)n1)Cc1ccccc1OC2. The maximum atomic E-state index is 11.9. The summed E-state index contributed by atoms with van der Waals surface area (Å²) in [4.78, 5) is 20.9. The number of rotatable bonds is 2. The normalized spacial score (nSPS) is 19.2. The highest BCUT2D eigenvalue weighted by molar-refractivity contribution is 5.86. The Hall–Kier alpha value is -2.63. The van der Waals surface area contributed by atoms with E-state index in [9.17, 15) is 4.79 Å². The summed E-state index contributed by atoms with van der Waals surface area (Å²) in [6.07, 6.45) is 1.46. The van der Waals surface area contributed by atoms with Crippen molar-refractivity contribution in [1.29, 1.82) is 0 Å². The van der Waals surface area contributed by atoms with Crippen LogP contribution >= 0.6 is 0 Å². The third kappa shape index (κ3) is 2.60. The largest absolute Gasteiger partial charge is 0.487 e. The van der Waals surface area contributed by atoms with Gasteiger partial charge in [0.05, 0.1) is 5.69 Å². The lowest BCUT2D eigenvalue weighted by Crippen LogP contribution is -2.30. The molecule has 0 radical (unpaired) electrons. The standard InChI is InChI=1S/C17H18N4O2/c1-10-19-14-9-23-15-5-3-2-4-11(15)8-12(14)16(20-10)21-13-6-7-18-17(13)22/h2-5,13H,6-9H2,1H3,(H,18,22)(H,19,20,21)/t13-/m1/s1. The first-order valence-electron chi connectivity index (χ1n) is 7.82. The molecule has 4 rings (SSSR count). The highest BCUT2D eigenvalue weighted by atomic mass is 16.5. The van der Waals surface area contributed by atoms with Crippen molar-refractivity contribution in [2.24, 2.45) is 0 Å². The number of nitrogens with zero attached hydrogens (tertiary/aromatic N) is 2. The molecule has 1 saturated heterocycles. The molecule has 2 aliphatic heterocycles. The Morgan fingerprint density at radius 1 is 1.30 bits per heavy atom. The second-order valence-corrected chi connectivity index (χ2v) is 5.89. The van der Waals surface area contributed by atoms with Crippen molar-refractivity contribution in [3.05, 3.63) is 46.9 Å². The zero-order valence-electron chi connectivity index (χ0n) is 12.9. The molecular formula is C17H18N4O2. The Balaban J connectivity index is 1.74. The van der Waals surface area contributed by atoms with Gasteiger partial charge in [0.25, 0.3) is 0 Å². The molecule has 1 atom stereocenters. The monoisotopic (exact) mass is 310 g/mol. The topological polar surface area (TPSA) is 76.1 Å². The molecule has 6 heteroatoms. The molecule has 118 valence electrons. The summed E-state index contributed by atoms with van der Waals surface area (Å²) in [5.74, 6) is 2.34.